The van der Waals surface area contributed by atoms with Crippen molar-refractivity contribution in [1.82, 2.24) is 0 Å². The van der Waals surface area contributed by atoms with Crippen molar-refractivity contribution in [2.75, 3.05) is 13.4 Å². The summed E-state index contributed by atoms with van der Waals surface area (Å²) < 4.78 is 22.9. The van der Waals surface area contributed by atoms with E-state index in [-0.39, 0.29) is 30.7 Å². The van der Waals surface area contributed by atoms with Crippen molar-refractivity contribution >= 4 is 34.7 Å². The van der Waals surface area contributed by atoms with Crippen LogP contribution >= 0.6 is 22.6 Å². The van der Waals surface area contributed by atoms with Gasteiger partial charge < -0.3 is 24.1 Å². The predicted octanol–water partition coefficient (Wildman–Crippen LogP) is 2.82. The van der Waals surface area contributed by atoms with Crippen molar-refractivity contribution < 1.29 is 33.6 Å². The Morgan fingerprint density at radius 1 is 1.23 bits per heavy atom. The SMILES string of the molecule is Cc1cc(I)cc(OC(=O)OC2C3CC4C(COCOC42)C3C(=O)O)c1. The Labute approximate surface area is 164 Å². The molecule has 6 unspecified atom stereocenters. The molecule has 1 aliphatic heterocycles. The number of hydrogen-bond acceptors (Lipinski definition) is 6. The molecule has 8 heteroatoms. The molecule has 2 saturated carbocycles. The lowest BCUT2D eigenvalue weighted by molar-refractivity contribution is -0.153. The number of ether oxygens (including phenoxy) is 4. The maximum atomic E-state index is 12.3. The van der Waals surface area contributed by atoms with Gasteiger partial charge in [-0.15, -0.1) is 0 Å². The molecule has 140 valence electrons. The Kier molecular flexibility index (Phi) is 4.83. The molecule has 26 heavy (non-hydrogen) atoms. The van der Waals surface area contributed by atoms with Gasteiger partial charge in [-0.25, -0.2) is 4.79 Å². The summed E-state index contributed by atoms with van der Waals surface area (Å²) in [7, 11) is 0. The van der Waals surface area contributed by atoms with Gasteiger partial charge >= 0.3 is 12.1 Å². The normalized spacial score (nSPS) is 35.0. The second kappa shape index (κ2) is 6.97. The van der Waals surface area contributed by atoms with E-state index in [9.17, 15) is 14.7 Å². The van der Waals surface area contributed by atoms with E-state index < -0.39 is 24.1 Å². The van der Waals surface area contributed by atoms with Crippen LogP contribution in [0.5, 0.6) is 5.75 Å². The summed E-state index contributed by atoms with van der Waals surface area (Å²) in [5, 5.41) is 9.62. The molecule has 4 rings (SSSR count). The molecule has 1 aromatic rings. The van der Waals surface area contributed by atoms with Crippen LogP contribution in [0.3, 0.4) is 0 Å². The molecule has 2 aliphatic carbocycles. The number of hydrogen-bond donors (Lipinski definition) is 1. The molecule has 1 N–H and O–H groups in total. The van der Waals surface area contributed by atoms with Crippen LogP contribution in [0.2, 0.25) is 0 Å². The van der Waals surface area contributed by atoms with Gasteiger partial charge in [-0.1, -0.05) is 0 Å². The topological polar surface area (TPSA) is 91.3 Å². The number of carboxylic acids is 1. The van der Waals surface area contributed by atoms with Crippen molar-refractivity contribution in [1.29, 1.82) is 0 Å². The molecule has 0 amide bonds. The summed E-state index contributed by atoms with van der Waals surface area (Å²) in [4.78, 5) is 24.0. The average molecular weight is 474 g/mol. The summed E-state index contributed by atoms with van der Waals surface area (Å²) >= 11 is 2.15. The predicted molar refractivity (Wildman–Crippen MR) is 96.7 cm³/mol. The number of carboxylic acid groups (broad SMARTS) is 1. The lowest BCUT2D eigenvalue weighted by Crippen LogP contribution is -2.48. The average Bonchev–Trinajstić information content (AvgIpc) is 3.01. The maximum Gasteiger partial charge on any atom is 0.514 e. The quantitative estimate of drug-likeness (QED) is 0.410. The van der Waals surface area contributed by atoms with E-state index in [2.05, 4.69) is 22.6 Å². The van der Waals surface area contributed by atoms with Crippen LogP contribution in [-0.2, 0) is 19.0 Å². The van der Waals surface area contributed by atoms with Crippen molar-refractivity contribution in [3.8, 4) is 5.75 Å². The summed E-state index contributed by atoms with van der Waals surface area (Å²) in [6.45, 7) is 2.36. The number of carbonyl (C=O) groups is 2. The van der Waals surface area contributed by atoms with Gasteiger partial charge in [-0.3, -0.25) is 4.79 Å². The Morgan fingerprint density at radius 2 is 2.04 bits per heavy atom. The van der Waals surface area contributed by atoms with Gasteiger partial charge in [0, 0.05) is 15.4 Å². The monoisotopic (exact) mass is 474 g/mol. The van der Waals surface area contributed by atoms with Crippen LogP contribution in [-0.4, -0.2) is 42.8 Å². The van der Waals surface area contributed by atoms with Gasteiger partial charge in [-0.05, 0) is 65.6 Å². The molecule has 6 atom stereocenters. The third kappa shape index (κ3) is 3.18. The number of aliphatic carboxylic acids is 1. The summed E-state index contributed by atoms with van der Waals surface area (Å²) in [6.07, 6.45) is -1.14. The highest BCUT2D eigenvalue weighted by Gasteiger charge is 2.63. The van der Waals surface area contributed by atoms with Crippen molar-refractivity contribution in [2.24, 2.45) is 23.7 Å². The van der Waals surface area contributed by atoms with Gasteiger partial charge in [-0.2, -0.15) is 0 Å². The Bertz CT molecular complexity index is 716. The minimum atomic E-state index is -0.873. The number of benzene rings is 1. The first-order valence-electron chi connectivity index (χ1n) is 8.52. The standard InChI is InChI=1S/C18H19IO7/c1-8-2-9(19)4-10(3-8)25-18(22)26-16-12-5-11-13(14(12)17(20)21)6-23-7-24-15(11)16/h2-4,11-16H,5-7H2,1H3,(H,20,21). The van der Waals surface area contributed by atoms with E-state index in [4.69, 9.17) is 18.9 Å². The molecule has 1 aromatic carbocycles. The zero-order chi connectivity index (χ0) is 18.4. The molecule has 7 nitrogen and oxygen atoms in total. The van der Waals surface area contributed by atoms with E-state index >= 15 is 0 Å². The Morgan fingerprint density at radius 3 is 2.77 bits per heavy atom. The summed E-state index contributed by atoms with van der Waals surface area (Å²) in [6, 6.07) is 5.45. The fraction of sp³-hybridized carbons (Fsp3) is 0.556. The molecule has 2 bridgehead atoms. The van der Waals surface area contributed by atoms with E-state index in [0.717, 1.165) is 9.13 Å². The summed E-state index contributed by atoms with van der Waals surface area (Å²) in [5.74, 6) is -1.41. The molecule has 1 heterocycles. The third-order valence-corrected chi connectivity index (χ3v) is 6.20. The number of carbonyl (C=O) groups excluding carboxylic acids is 1. The highest BCUT2D eigenvalue weighted by molar-refractivity contribution is 14.1. The summed E-state index contributed by atoms with van der Waals surface area (Å²) in [5.41, 5.74) is 0.970. The maximum absolute atomic E-state index is 12.3. The fourth-order valence-electron chi connectivity index (χ4n) is 4.69. The second-order valence-electron chi connectivity index (χ2n) is 7.11. The molecule has 1 saturated heterocycles. The van der Waals surface area contributed by atoms with E-state index in [1.54, 1.807) is 12.1 Å². The Hall–Kier alpha value is -1.39. The number of aryl methyl sites for hydroxylation is 1. The highest BCUT2D eigenvalue weighted by Crippen LogP contribution is 2.55. The fourth-order valence-corrected chi connectivity index (χ4v) is 5.49. The molecule has 3 fully saturated rings. The van der Waals surface area contributed by atoms with E-state index in [0.29, 0.717) is 18.8 Å². The van der Waals surface area contributed by atoms with Crippen LogP contribution < -0.4 is 4.74 Å². The van der Waals surface area contributed by atoms with Crippen LogP contribution in [0.1, 0.15) is 12.0 Å². The molecule has 0 spiro atoms. The highest BCUT2D eigenvalue weighted by atomic mass is 127. The van der Waals surface area contributed by atoms with Crippen LogP contribution in [0.15, 0.2) is 18.2 Å². The van der Waals surface area contributed by atoms with Crippen molar-refractivity contribution in [2.45, 2.75) is 25.6 Å². The van der Waals surface area contributed by atoms with Crippen LogP contribution in [0, 0.1) is 34.2 Å². The smallest absolute Gasteiger partial charge is 0.481 e. The zero-order valence-electron chi connectivity index (χ0n) is 14.1. The molecular formula is C18H19IO7. The Balaban J connectivity index is 1.50. The van der Waals surface area contributed by atoms with Crippen LogP contribution in [0.25, 0.3) is 0 Å². The molecular weight excluding hydrogens is 455 g/mol. The number of halogens is 1. The zero-order valence-corrected chi connectivity index (χ0v) is 16.2. The molecule has 3 aliphatic rings. The lowest BCUT2D eigenvalue weighted by atomic mass is 9.77. The minimum absolute atomic E-state index is 0.0290. The van der Waals surface area contributed by atoms with Gasteiger partial charge in [0.1, 0.15) is 24.8 Å². The van der Waals surface area contributed by atoms with Crippen LogP contribution in [0.4, 0.5) is 4.79 Å². The molecule has 0 aromatic heterocycles. The third-order valence-electron chi connectivity index (χ3n) is 5.57. The van der Waals surface area contributed by atoms with Gasteiger partial charge in [0.05, 0.1) is 12.5 Å². The lowest BCUT2D eigenvalue weighted by Gasteiger charge is -2.35. The first-order chi connectivity index (χ1) is 12.4. The van der Waals surface area contributed by atoms with Gasteiger partial charge in [0.15, 0.2) is 0 Å². The first-order valence-corrected chi connectivity index (χ1v) is 9.59. The van der Waals surface area contributed by atoms with Crippen molar-refractivity contribution in [3.63, 3.8) is 0 Å². The number of fused-ring (bicyclic) bond motifs is 1. The number of rotatable bonds is 3. The van der Waals surface area contributed by atoms with E-state index in [1.165, 1.54) is 0 Å². The van der Waals surface area contributed by atoms with Gasteiger partial charge in [0.2, 0.25) is 0 Å². The van der Waals surface area contributed by atoms with E-state index in [1.807, 2.05) is 13.0 Å². The van der Waals surface area contributed by atoms with Gasteiger partial charge in [0.25, 0.3) is 0 Å². The largest absolute Gasteiger partial charge is 0.514 e. The first kappa shape index (κ1) is 18.0. The molecule has 0 radical (unpaired) electrons. The second-order valence-corrected chi connectivity index (χ2v) is 8.36. The van der Waals surface area contributed by atoms with Crippen molar-refractivity contribution in [3.05, 3.63) is 27.3 Å². The minimum Gasteiger partial charge on any atom is -0.481 e.